The zero-order valence-corrected chi connectivity index (χ0v) is 13.0. The van der Waals surface area contributed by atoms with E-state index in [1.54, 1.807) is 0 Å². The Hall–Kier alpha value is -0.870. The van der Waals surface area contributed by atoms with Gasteiger partial charge in [-0.25, -0.2) is 0 Å². The van der Waals surface area contributed by atoms with Crippen molar-refractivity contribution in [1.29, 1.82) is 0 Å². The largest absolute Gasteiger partial charge is 0.469 e. The molecule has 0 aliphatic heterocycles. The van der Waals surface area contributed by atoms with Gasteiger partial charge in [0.25, 0.3) is 0 Å². The van der Waals surface area contributed by atoms with Gasteiger partial charge in [0.05, 0.1) is 12.5 Å². The summed E-state index contributed by atoms with van der Waals surface area (Å²) >= 11 is 3.49. The standard InChI is InChI=1S/C15H20BrNO2/c1-11-4-5-13(16)8-12(11)9-17-10-15(6-3-7-15)14(18)19-2/h4-5,8,17H,3,6-7,9-10H2,1-2H3. The zero-order chi connectivity index (χ0) is 13.9. The second kappa shape index (κ2) is 6.06. The van der Waals surface area contributed by atoms with Crippen molar-refractivity contribution < 1.29 is 9.53 Å². The molecule has 19 heavy (non-hydrogen) atoms. The molecular formula is C15H20BrNO2. The van der Waals surface area contributed by atoms with E-state index in [1.165, 1.54) is 18.2 Å². The second-order valence-corrected chi connectivity index (χ2v) is 6.22. The molecule has 0 unspecified atom stereocenters. The van der Waals surface area contributed by atoms with Crippen LogP contribution in [-0.2, 0) is 16.1 Å². The minimum Gasteiger partial charge on any atom is -0.469 e. The lowest BCUT2D eigenvalue weighted by molar-refractivity contribution is -0.158. The number of carbonyl (C=O) groups is 1. The van der Waals surface area contributed by atoms with E-state index >= 15 is 0 Å². The highest BCUT2D eigenvalue weighted by Crippen LogP contribution is 2.41. The maximum absolute atomic E-state index is 11.8. The Labute approximate surface area is 122 Å². The van der Waals surface area contributed by atoms with Crippen LogP contribution in [0.1, 0.15) is 30.4 Å². The molecule has 0 bridgehead atoms. The maximum atomic E-state index is 11.8. The van der Waals surface area contributed by atoms with Crippen LogP contribution in [0.15, 0.2) is 22.7 Å². The highest BCUT2D eigenvalue weighted by Gasteiger charge is 2.44. The second-order valence-electron chi connectivity index (χ2n) is 5.30. The van der Waals surface area contributed by atoms with Crippen LogP contribution in [0, 0.1) is 12.3 Å². The van der Waals surface area contributed by atoms with Crippen molar-refractivity contribution in [1.82, 2.24) is 5.32 Å². The molecule has 1 aromatic rings. The van der Waals surface area contributed by atoms with Crippen molar-refractivity contribution in [3.63, 3.8) is 0 Å². The summed E-state index contributed by atoms with van der Waals surface area (Å²) in [6, 6.07) is 6.26. The summed E-state index contributed by atoms with van der Waals surface area (Å²) in [6.45, 7) is 3.58. The van der Waals surface area contributed by atoms with E-state index < -0.39 is 0 Å². The average Bonchev–Trinajstić information content (AvgIpc) is 2.35. The van der Waals surface area contributed by atoms with Crippen LogP contribution in [0.2, 0.25) is 0 Å². The summed E-state index contributed by atoms with van der Waals surface area (Å²) in [4.78, 5) is 11.8. The fourth-order valence-corrected chi connectivity index (χ4v) is 2.95. The number of methoxy groups -OCH3 is 1. The van der Waals surface area contributed by atoms with E-state index in [9.17, 15) is 4.79 Å². The molecule has 1 aliphatic carbocycles. The highest BCUT2D eigenvalue weighted by atomic mass is 79.9. The van der Waals surface area contributed by atoms with Gasteiger partial charge in [0.15, 0.2) is 0 Å². The van der Waals surface area contributed by atoms with Crippen LogP contribution < -0.4 is 5.32 Å². The number of hydrogen-bond donors (Lipinski definition) is 1. The van der Waals surface area contributed by atoms with Crippen LogP contribution in [0.25, 0.3) is 0 Å². The van der Waals surface area contributed by atoms with E-state index in [4.69, 9.17) is 4.74 Å². The monoisotopic (exact) mass is 325 g/mol. The van der Waals surface area contributed by atoms with Gasteiger partial charge >= 0.3 is 5.97 Å². The first-order valence-corrected chi connectivity index (χ1v) is 7.41. The third-order valence-electron chi connectivity index (χ3n) is 4.02. The molecule has 1 saturated carbocycles. The molecule has 0 spiro atoms. The predicted octanol–water partition coefficient (Wildman–Crippen LogP) is 3.19. The number of rotatable bonds is 5. The number of carbonyl (C=O) groups excluding carboxylic acids is 1. The molecule has 0 aromatic heterocycles. The van der Waals surface area contributed by atoms with Crippen molar-refractivity contribution in [2.24, 2.45) is 5.41 Å². The van der Waals surface area contributed by atoms with Gasteiger partial charge in [-0.2, -0.15) is 0 Å². The molecule has 1 aromatic carbocycles. The number of halogens is 1. The van der Waals surface area contributed by atoms with Gasteiger partial charge in [-0.1, -0.05) is 28.4 Å². The summed E-state index contributed by atoms with van der Waals surface area (Å²) in [6.07, 6.45) is 2.99. The Morgan fingerprint density at radius 1 is 1.47 bits per heavy atom. The number of benzene rings is 1. The van der Waals surface area contributed by atoms with E-state index in [2.05, 4.69) is 40.3 Å². The van der Waals surface area contributed by atoms with E-state index in [0.717, 1.165) is 30.3 Å². The van der Waals surface area contributed by atoms with Crippen molar-refractivity contribution in [3.8, 4) is 0 Å². The first-order valence-electron chi connectivity index (χ1n) is 6.61. The molecule has 0 heterocycles. The van der Waals surface area contributed by atoms with Crippen molar-refractivity contribution in [2.75, 3.05) is 13.7 Å². The molecule has 0 saturated heterocycles. The van der Waals surface area contributed by atoms with Crippen LogP contribution in [0.4, 0.5) is 0 Å². The molecular weight excluding hydrogens is 306 g/mol. The maximum Gasteiger partial charge on any atom is 0.313 e. The number of aryl methyl sites for hydroxylation is 1. The summed E-state index contributed by atoms with van der Waals surface area (Å²) < 4.78 is 6.00. The van der Waals surface area contributed by atoms with Crippen LogP contribution >= 0.6 is 15.9 Å². The molecule has 0 amide bonds. The molecule has 1 N–H and O–H groups in total. The number of ether oxygens (including phenoxy) is 1. The summed E-state index contributed by atoms with van der Waals surface area (Å²) in [5.41, 5.74) is 2.24. The number of hydrogen-bond acceptors (Lipinski definition) is 3. The van der Waals surface area contributed by atoms with Gasteiger partial charge in [-0.3, -0.25) is 4.79 Å². The Bertz CT molecular complexity index is 469. The zero-order valence-electron chi connectivity index (χ0n) is 11.5. The summed E-state index contributed by atoms with van der Waals surface area (Å²) in [5, 5.41) is 3.41. The molecule has 104 valence electrons. The van der Waals surface area contributed by atoms with Gasteiger partial charge in [-0.15, -0.1) is 0 Å². The quantitative estimate of drug-likeness (QED) is 0.845. The van der Waals surface area contributed by atoms with Gasteiger partial charge < -0.3 is 10.1 Å². The van der Waals surface area contributed by atoms with E-state index in [-0.39, 0.29) is 11.4 Å². The van der Waals surface area contributed by atoms with Gasteiger partial charge in [0, 0.05) is 17.6 Å². The highest BCUT2D eigenvalue weighted by molar-refractivity contribution is 9.10. The Balaban J connectivity index is 1.92. The van der Waals surface area contributed by atoms with Gasteiger partial charge in [0.2, 0.25) is 0 Å². The molecule has 4 heteroatoms. The van der Waals surface area contributed by atoms with E-state index in [1.807, 2.05) is 6.07 Å². The molecule has 1 fully saturated rings. The third-order valence-corrected chi connectivity index (χ3v) is 4.51. The third kappa shape index (κ3) is 3.18. The first kappa shape index (κ1) is 14.5. The van der Waals surface area contributed by atoms with E-state index in [0.29, 0.717) is 6.54 Å². The minimum absolute atomic E-state index is 0.0720. The SMILES string of the molecule is COC(=O)C1(CNCc2cc(Br)ccc2C)CCC1. The average molecular weight is 326 g/mol. The van der Waals surface area contributed by atoms with Gasteiger partial charge in [-0.05, 0) is 43.0 Å². The number of esters is 1. The summed E-state index contributed by atoms with van der Waals surface area (Å²) in [5.74, 6) is -0.0720. The van der Waals surface area contributed by atoms with Crippen LogP contribution in [-0.4, -0.2) is 19.6 Å². The topological polar surface area (TPSA) is 38.3 Å². The molecule has 0 atom stereocenters. The summed E-state index contributed by atoms with van der Waals surface area (Å²) in [7, 11) is 1.47. The van der Waals surface area contributed by atoms with Crippen molar-refractivity contribution in [2.45, 2.75) is 32.7 Å². The Morgan fingerprint density at radius 3 is 2.79 bits per heavy atom. The Morgan fingerprint density at radius 2 is 2.21 bits per heavy atom. The normalized spacial score (nSPS) is 16.8. The fourth-order valence-electron chi connectivity index (χ4n) is 2.54. The smallest absolute Gasteiger partial charge is 0.313 e. The molecule has 0 radical (unpaired) electrons. The Kier molecular flexibility index (Phi) is 4.63. The van der Waals surface area contributed by atoms with Gasteiger partial charge in [0.1, 0.15) is 0 Å². The lowest BCUT2D eigenvalue weighted by Gasteiger charge is -2.39. The molecule has 1 aliphatic rings. The van der Waals surface area contributed by atoms with Crippen LogP contribution in [0.5, 0.6) is 0 Å². The predicted molar refractivity (Wildman–Crippen MR) is 78.9 cm³/mol. The van der Waals surface area contributed by atoms with Crippen molar-refractivity contribution >= 4 is 21.9 Å². The van der Waals surface area contributed by atoms with Crippen molar-refractivity contribution in [3.05, 3.63) is 33.8 Å². The lowest BCUT2D eigenvalue weighted by Crippen LogP contribution is -2.46. The lowest BCUT2D eigenvalue weighted by atomic mass is 9.68. The number of nitrogens with one attached hydrogen (secondary N) is 1. The first-order chi connectivity index (χ1) is 9.07. The molecule has 3 nitrogen and oxygen atoms in total. The fraction of sp³-hybridized carbons (Fsp3) is 0.533. The minimum atomic E-state index is -0.283. The van der Waals surface area contributed by atoms with Crippen LogP contribution in [0.3, 0.4) is 0 Å². The molecule has 2 rings (SSSR count).